The monoisotopic (exact) mass is 191 g/mol. The van der Waals surface area contributed by atoms with Crippen molar-refractivity contribution in [3.63, 3.8) is 0 Å². The smallest absolute Gasteiger partial charge is 0.197 e. The van der Waals surface area contributed by atoms with Crippen LogP contribution in [0, 0.1) is 0 Å². The van der Waals surface area contributed by atoms with Gasteiger partial charge in [-0.05, 0) is 0 Å². The highest BCUT2D eigenvalue weighted by Crippen LogP contribution is 2.17. The SMILES string of the molecule is N/C(=N/PCl)NPCl. The van der Waals surface area contributed by atoms with Crippen LogP contribution in [0.15, 0.2) is 4.76 Å². The maximum Gasteiger partial charge on any atom is 0.197 e. The fourth-order valence-electron chi connectivity index (χ4n) is 0.122. The summed E-state index contributed by atoms with van der Waals surface area (Å²) in [5, 5.41) is 2.59. The van der Waals surface area contributed by atoms with Gasteiger partial charge in [0.2, 0.25) is 0 Å². The first-order valence-corrected chi connectivity index (χ1v) is 5.58. The topological polar surface area (TPSA) is 50.4 Å². The molecule has 7 heteroatoms. The molecule has 0 aromatic carbocycles. The molecular weight excluding hydrogens is 187 g/mol. The molecule has 0 radical (unpaired) electrons. The van der Waals surface area contributed by atoms with E-state index in [1.165, 1.54) is 0 Å². The van der Waals surface area contributed by atoms with Gasteiger partial charge in [-0.15, -0.1) is 0 Å². The maximum atomic E-state index is 5.25. The minimum absolute atomic E-state index is 0.0336. The van der Waals surface area contributed by atoms with Crippen molar-refractivity contribution in [1.29, 1.82) is 0 Å². The van der Waals surface area contributed by atoms with Gasteiger partial charge in [-0.1, -0.05) is 22.5 Å². The zero-order chi connectivity index (χ0) is 6.41. The van der Waals surface area contributed by atoms with Crippen LogP contribution in [0.1, 0.15) is 0 Å². The second-order valence-electron chi connectivity index (χ2n) is 0.801. The van der Waals surface area contributed by atoms with Crippen molar-refractivity contribution in [3.8, 4) is 0 Å². The Bertz CT molecular complexity index is 85.4. The van der Waals surface area contributed by atoms with Gasteiger partial charge in [-0.2, -0.15) is 0 Å². The molecule has 0 aromatic rings. The Morgan fingerprint density at radius 2 is 2.25 bits per heavy atom. The fourth-order valence-corrected chi connectivity index (χ4v) is 1.10. The summed E-state index contributed by atoms with van der Waals surface area (Å²) in [6.07, 6.45) is 0. The van der Waals surface area contributed by atoms with E-state index in [1.54, 1.807) is 0 Å². The predicted molar refractivity (Wildman–Crippen MR) is 43.1 cm³/mol. The lowest BCUT2D eigenvalue weighted by molar-refractivity contribution is 1.42. The second kappa shape index (κ2) is 5.84. The van der Waals surface area contributed by atoms with Crippen LogP contribution in [-0.2, 0) is 0 Å². The molecule has 0 aromatic heterocycles. The summed E-state index contributed by atoms with van der Waals surface area (Å²) >= 11 is 10.5. The molecule has 0 rings (SSSR count). The number of guanidine groups is 1. The van der Waals surface area contributed by atoms with Gasteiger partial charge in [-0.25, -0.2) is 4.76 Å². The molecule has 8 heavy (non-hydrogen) atoms. The summed E-state index contributed by atoms with van der Waals surface area (Å²) in [4.78, 5) is 0. The standard InChI is InChI=1S/CH5Cl2N3P2/c2-7-5-1(4)6-8-3/h7-8H,(H3,4,5,6). The molecule has 3 nitrogen and oxygen atoms in total. The molecule has 0 aliphatic heterocycles. The number of nitrogens with two attached hydrogens (primary N) is 1. The van der Waals surface area contributed by atoms with Crippen molar-refractivity contribution in [1.82, 2.24) is 5.09 Å². The quantitative estimate of drug-likeness (QED) is 0.394. The molecule has 3 N–H and O–H groups in total. The number of halogens is 2. The van der Waals surface area contributed by atoms with E-state index in [4.69, 9.17) is 28.2 Å². The van der Waals surface area contributed by atoms with Crippen LogP contribution in [0.2, 0.25) is 0 Å². The first kappa shape index (κ1) is 8.71. The lowest BCUT2D eigenvalue weighted by Gasteiger charge is -1.95. The molecule has 0 bridgehead atoms. The highest BCUT2D eigenvalue weighted by molar-refractivity contribution is 7.68. The van der Waals surface area contributed by atoms with Crippen molar-refractivity contribution >= 4 is 44.6 Å². The molecule has 0 heterocycles. The molecular formula is CH5Cl2N3P2. The van der Waals surface area contributed by atoms with Crippen molar-refractivity contribution in [2.45, 2.75) is 0 Å². The number of rotatable bonds is 2. The van der Waals surface area contributed by atoms with Crippen molar-refractivity contribution in [2.75, 3.05) is 0 Å². The average molecular weight is 192 g/mol. The minimum atomic E-state index is -0.0336. The summed E-state index contributed by atoms with van der Waals surface area (Å²) < 4.78 is 3.61. The van der Waals surface area contributed by atoms with Gasteiger partial charge in [0.25, 0.3) is 0 Å². The number of hydrogen-bond donors (Lipinski definition) is 2. The van der Waals surface area contributed by atoms with Crippen LogP contribution >= 0.6 is 38.6 Å². The highest BCUT2D eigenvalue weighted by atomic mass is 35.7. The van der Waals surface area contributed by atoms with E-state index in [0.29, 0.717) is 5.96 Å². The Labute approximate surface area is 60.7 Å². The third kappa shape index (κ3) is 4.86. The Hall–Kier alpha value is 0.710. The fraction of sp³-hybridized carbons (Fsp3) is 0. The molecule has 0 spiro atoms. The van der Waals surface area contributed by atoms with E-state index >= 15 is 0 Å². The van der Waals surface area contributed by atoms with Gasteiger partial charge in [0.05, 0.1) is 8.08 Å². The zero-order valence-corrected chi connectivity index (χ0v) is 7.29. The first-order valence-electron chi connectivity index (χ1n) is 1.61. The Balaban J connectivity index is 3.29. The van der Waals surface area contributed by atoms with E-state index in [1.807, 2.05) is 0 Å². The lowest BCUT2D eigenvalue weighted by Crippen LogP contribution is -2.22. The molecule has 0 fully saturated rings. The van der Waals surface area contributed by atoms with Crippen LogP contribution in [-0.4, -0.2) is 5.96 Å². The first-order chi connectivity index (χ1) is 3.81. The normalized spacial score (nSPS) is 14.5. The van der Waals surface area contributed by atoms with E-state index < -0.39 is 0 Å². The van der Waals surface area contributed by atoms with E-state index in [9.17, 15) is 0 Å². The van der Waals surface area contributed by atoms with Crippen LogP contribution in [0.5, 0.6) is 0 Å². The molecule has 0 amide bonds. The van der Waals surface area contributed by atoms with Gasteiger partial charge in [0.1, 0.15) is 8.08 Å². The van der Waals surface area contributed by atoms with Gasteiger partial charge in [0.15, 0.2) is 5.96 Å². The molecule has 2 atom stereocenters. The van der Waals surface area contributed by atoms with Crippen LogP contribution in [0.25, 0.3) is 0 Å². The zero-order valence-electron chi connectivity index (χ0n) is 3.78. The van der Waals surface area contributed by atoms with Crippen LogP contribution < -0.4 is 10.8 Å². The number of nitrogens with zero attached hydrogens (tertiary/aromatic N) is 1. The highest BCUT2D eigenvalue weighted by Gasteiger charge is 1.83. The summed E-state index contributed by atoms with van der Waals surface area (Å²) in [7, 11) is 0.0266. The lowest BCUT2D eigenvalue weighted by atomic mass is 11.1. The largest absolute Gasteiger partial charge is 0.369 e. The molecule has 0 aliphatic rings. The van der Waals surface area contributed by atoms with E-state index in [2.05, 4.69) is 9.85 Å². The Morgan fingerprint density at radius 3 is 2.62 bits per heavy atom. The van der Waals surface area contributed by atoms with E-state index in [0.717, 1.165) is 0 Å². The number of hydrogen-bond acceptors (Lipinski definition) is 1. The summed E-state index contributed by atoms with van der Waals surface area (Å²) in [6, 6.07) is 0. The van der Waals surface area contributed by atoms with Gasteiger partial charge in [0, 0.05) is 0 Å². The minimum Gasteiger partial charge on any atom is -0.369 e. The maximum absolute atomic E-state index is 5.25. The molecule has 2 unspecified atom stereocenters. The summed E-state index contributed by atoms with van der Waals surface area (Å²) in [6.45, 7) is 0. The molecule has 0 aliphatic carbocycles. The number of nitrogens with one attached hydrogen (secondary N) is 1. The third-order valence-electron chi connectivity index (χ3n) is 0.338. The molecule has 0 saturated heterocycles. The van der Waals surface area contributed by atoms with E-state index in [-0.39, 0.29) is 16.2 Å². The van der Waals surface area contributed by atoms with Gasteiger partial charge < -0.3 is 10.8 Å². The van der Waals surface area contributed by atoms with Gasteiger partial charge >= 0.3 is 0 Å². The van der Waals surface area contributed by atoms with Crippen molar-refractivity contribution in [3.05, 3.63) is 0 Å². The van der Waals surface area contributed by atoms with Crippen LogP contribution in [0.4, 0.5) is 0 Å². The van der Waals surface area contributed by atoms with Crippen molar-refractivity contribution in [2.24, 2.45) is 10.5 Å². The Kier molecular flexibility index (Phi) is 6.36. The average Bonchev–Trinajstić information content (AvgIpc) is 1.68. The Morgan fingerprint density at radius 1 is 1.62 bits per heavy atom. The van der Waals surface area contributed by atoms with Crippen molar-refractivity contribution < 1.29 is 0 Å². The summed E-state index contributed by atoms with van der Waals surface area (Å²) in [5.41, 5.74) is 5.18. The summed E-state index contributed by atoms with van der Waals surface area (Å²) in [5.74, 6) is 0.298. The predicted octanol–water partition coefficient (Wildman–Crippen LogP) is 1.39. The van der Waals surface area contributed by atoms with Gasteiger partial charge in [-0.3, -0.25) is 0 Å². The third-order valence-corrected chi connectivity index (χ3v) is 1.55. The second-order valence-corrected chi connectivity index (χ2v) is 2.71. The molecule has 0 saturated carbocycles. The van der Waals surface area contributed by atoms with Crippen LogP contribution in [0.3, 0.4) is 0 Å². The molecule has 48 valence electrons.